The second kappa shape index (κ2) is 6.69. The highest BCUT2D eigenvalue weighted by atomic mass is 32.2. The molecule has 1 unspecified atom stereocenters. The number of rotatable bonds is 6. The SMILES string of the molecule is CN(CC1CCCC1)CC(C)(O)c1ccc(S(C)(=O)=O)cc1. The van der Waals surface area contributed by atoms with Gasteiger partial charge in [-0.25, -0.2) is 8.42 Å². The van der Waals surface area contributed by atoms with E-state index < -0.39 is 15.4 Å². The van der Waals surface area contributed by atoms with E-state index in [1.54, 1.807) is 31.2 Å². The van der Waals surface area contributed by atoms with Crippen LogP contribution in [0.15, 0.2) is 29.2 Å². The molecule has 0 saturated heterocycles. The first kappa shape index (κ1) is 17.4. The van der Waals surface area contributed by atoms with E-state index >= 15 is 0 Å². The van der Waals surface area contributed by atoms with E-state index in [0.717, 1.165) is 18.0 Å². The summed E-state index contributed by atoms with van der Waals surface area (Å²) in [6.07, 6.45) is 6.41. The van der Waals surface area contributed by atoms with Gasteiger partial charge in [0.2, 0.25) is 0 Å². The van der Waals surface area contributed by atoms with E-state index in [4.69, 9.17) is 0 Å². The molecule has 2 rings (SSSR count). The molecule has 1 aromatic rings. The van der Waals surface area contributed by atoms with Crippen LogP contribution < -0.4 is 0 Å². The summed E-state index contributed by atoms with van der Waals surface area (Å²) < 4.78 is 23.0. The van der Waals surface area contributed by atoms with E-state index in [9.17, 15) is 13.5 Å². The molecule has 22 heavy (non-hydrogen) atoms. The Kier molecular flexibility index (Phi) is 5.30. The molecule has 4 nitrogen and oxygen atoms in total. The van der Waals surface area contributed by atoms with Crippen molar-refractivity contribution in [2.75, 3.05) is 26.4 Å². The van der Waals surface area contributed by atoms with Gasteiger partial charge < -0.3 is 10.0 Å². The predicted molar refractivity (Wildman–Crippen MR) is 88.6 cm³/mol. The van der Waals surface area contributed by atoms with Crippen LogP contribution in [0.3, 0.4) is 0 Å². The maximum Gasteiger partial charge on any atom is 0.175 e. The number of benzene rings is 1. The first-order valence-corrected chi connectivity index (χ1v) is 9.79. The largest absolute Gasteiger partial charge is 0.384 e. The number of nitrogens with zero attached hydrogens (tertiary/aromatic N) is 1. The van der Waals surface area contributed by atoms with Gasteiger partial charge in [-0.05, 0) is 50.4 Å². The Bertz CT molecular complexity index is 587. The minimum atomic E-state index is -3.20. The quantitative estimate of drug-likeness (QED) is 0.873. The zero-order valence-electron chi connectivity index (χ0n) is 13.7. The summed E-state index contributed by atoms with van der Waals surface area (Å²) in [6, 6.07) is 6.55. The summed E-state index contributed by atoms with van der Waals surface area (Å²) in [6.45, 7) is 3.34. The fourth-order valence-electron chi connectivity index (χ4n) is 3.38. The van der Waals surface area contributed by atoms with Crippen molar-refractivity contribution < 1.29 is 13.5 Å². The van der Waals surface area contributed by atoms with Gasteiger partial charge >= 0.3 is 0 Å². The van der Waals surface area contributed by atoms with Crippen LogP contribution in [0.2, 0.25) is 0 Å². The topological polar surface area (TPSA) is 57.6 Å². The molecule has 1 aromatic carbocycles. The van der Waals surface area contributed by atoms with Crippen molar-refractivity contribution in [2.24, 2.45) is 5.92 Å². The molecular weight excluding hydrogens is 298 g/mol. The summed E-state index contributed by atoms with van der Waals surface area (Å²) in [5, 5.41) is 10.7. The van der Waals surface area contributed by atoms with E-state index in [-0.39, 0.29) is 4.90 Å². The molecule has 1 N–H and O–H groups in total. The summed E-state index contributed by atoms with van der Waals surface area (Å²) in [5.74, 6) is 0.744. The fraction of sp³-hybridized carbons (Fsp3) is 0.647. The third-order valence-electron chi connectivity index (χ3n) is 4.53. The normalized spacial score (nSPS) is 19.5. The van der Waals surface area contributed by atoms with Crippen molar-refractivity contribution >= 4 is 9.84 Å². The maximum absolute atomic E-state index is 11.5. The van der Waals surface area contributed by atoms with Gasteiger partial charge in [-0.1, -0.05) is 25.0 Å². The summed E-state index contributed by atoms with van der Waals surface area (Å²) in [5.41, 5.74) is -0.234. The molecule has 0 aliphatic heterocycles. The molecule has 1 atom stereocenters. The average Bonchev–Trinajstić information content (AvgIpc) is 2.90. The minimum Gasteiger partial charge on any atom is -0.384 e. The zero-order valence-corrected chi connectivity index (χ0v) is 14.6. The van der Waals surface area contributed by atoms with Gasteiger partial charge in [0.05, 0.1) is 10.5 Å². The highest BCUT2D eigenvalue weighted by Gasteiger charge is 2.27. The van der Waals surface area contributed by atoms with Gasteiger partial charge in [-0.3, -0.25) is 0 Å². The van der Waals surface area contributed by atoms with Crippen LogP contribution in [-0.4, -0.2) is 44.8 Å². The number of sulfone groups is 1. The Morgan fingerprint density at radius 3 is 2.27 bits per heavy atom. The Morgan fingerprint density at radius 1 is 1.23 bits per heavy atom. The molecule has 0 aromatic heterocycles. The third-order valence-corrected chi connectivity index (χ3v) is 5.66. The fourth-order valence-corrected chi connectivity index (χ4v) is 4.01. The summed E-state index contributed by atoms with van der Waals surface area (Å²) in [7, 11) is -1.16. The molecule has 1 saturated carbocycles. The van der Waals surface area contributed by atoms with Crippen LogP contribution >= 0.6 is 0 Å². The van der Waals surface area contributed by atoms with Crippen molar-refractivity contribution in [3.05, 3.63) is 29.8 Å². The summed E-state index contributed by atoms with van der Waals surface area (Å²) >= 11 is 0. The summed E-state index contributed by atoms with van der Waals surface area (Å²) in [4.78, 5) is 2.46. The van der Waals surface area contributed by atoms with E-state index in [1.165, 1.54) is 31.9 Å². The van der Waals surface area contributed by atoms with E-state index in [2.05, 4.69) is 4.90 Å². The van der Waals surface area contributed by atoms with Gasteiger partial charge in [-0.15, -0.1) is 0 Å². The lowest BCUT2D eigenvalue weighted by Gasteiger charge is -2.31. The van der Waals surface area contributed by atoms with E-state index in [1.807, 2.05) is 7.05 Å². The highest BCUT2D eigenvalue weighted by Crippen LogP contribution is 2.27. The molecule has 1 fully saturated rings. The molecule has 0 radical (unpaired) electrons. The number of likely N-dealkylation sites (N-methyl/N-ethyl adjacent to an activating group) is 1. The minimum absolute atomic E-state index is 0.284. The molecule has 0 heterocycles. The standard InChI is InChI=1S/C17H27NO3S/c1-17(19,13-18(2)12-14-6-4-5-7-14)15-8-10-16(11-9-15)22(3,20)21/h8-11,14,19H,4-7,12-13H2,1-3H3. The Hall–Kier alpha value is -0.910. The highest BCUT2D eigenvalue weighted by molar-refractivity contribution is 7.90. The van der Waals surface area contributed by atoms with Crippen LogP contribution in [0, 0.1) is 5.92 Å². The van der Waals surface area contributed by atoms with Crippen molar-refractivity contribution in [3.63, 3.8) is 0 Å². The number of aliphatic hydroxyl groups is 1. The van der Waals surface area contributed by atoms with Crippen LogP contribution in [0.1, 0.15) is 38.2 Å². The van der Waals surface area contributed by atoms with Crippen LogP contribution in [0.4, 0.5) is 0 Å². The molecule has 1 aliphatic carbocycles. The molecule has 0 amide bonds. The smallest absolute Gasteiger partial charge is 0.175 e. The van der Waals surface area contributed by atoms with Crippen molar-refractivity contribution in [3.8, 4) is 0 Å². The Labute approximate surface area is 134 Å². The lowest BCUT2D eigenvalue weighted by molar-refractivity contribution is 0.0197. The van der Waals surface area contributed by atoms with Crippen molar-refractivity contribution in [1.29, 1.82) is 0 Å². The van der Waals surface area contributed by atoms with Gasteiger partial charge in [0.15, 0.2) is 9.84 Å². The monoisotopic (exact) mass is 325 g/mol. The van der Waals surface area contributed by atoms with E-state index in [0.29, 0.717) is 6.54 Å². The first-order chi connectivity index (χ1) is 10.2. The molecular formula is C17H27NO3S. The zero-order chi connectivity index (χ0) is 16.4. The second-order valence-electron chi connectivity index (χ2n) is 6.92. The Morgan fingerprint density at radius 2 is 1.77 bits per heavy atom. The predicted octanol–water partition coefficient (Wildman–Crippen LogP) is 2.42. The molecule has 0 bridgehead atoms. The van der Waals surface area contributed by atoms with Crippen LogP contribution in [0.5, 0.6) is 0 Å². The average molecular weight is 325 g/mol. The Balaban J connectivity index is 2.02. The third kappa shape index (κ3) is 4.54. The van der Waals surface area contributed by atoms with Crippen LogP contribution in [-0.2, 0) is 15.4 Å². The lowest BCUT2D eigenvalue weighted by atomic mass is 9.95. The molecule has 0 spiro atoms. The van der Waals surface area contributed by atoms with Gasteiger partial charge in [-0.2, -0.15) is 0 Å². The molecule has 1 aliphatic rings. The van der Waals surface area contributed by atoms with Crippen molar-refractivity contribution in [2.45, 2.75) is 43.1 Å². The van der Waals surface area contributed by atoms with Crippen molar-refractivity contribution in [1.82, 2.24) is 4.90 Å². The number of hydrogen-bond acceptors (Lipinski definition) is 4. The van der Waals surface area contributed by atoms with Gasteiger partial charge in [0, 0.05) is 19.3 Å². The lowest BCUT2D eigenvalue weighted by Crippen LogP contribution is -2.38. The first-order valence-electron chi connectivity index (χ1n) is 7.90. The maximum atomic E-state index is 11.5. The second-order valence-corrected chi connectivity index (χ2v) is 8.93. The molecule has 5 heteroatoms. The molecule has 124 valence electrons. The van der Waals surface area contributed by atoms with Gasteiger partial charge in [0.1, 0.15) is 0 Å². The van der Waals surface area contributed by atoms with Gasteiger partial charge in [0.25, 0.3) is 0 Å². The van der Waals surface area contributed by atoms with Crippen LogP contribution in [0.25, 0.3) is 0 Å². The number of hydrogen-bond donors (Lipinski definition) is 1.